The smallest absolute Gasteiger partial charge is 0.344 e. The maximum atomic E-state index is 11.7. The second-order valence-electron chi connectivity index (χ2n) is 4.48. The Morgan fingerprint density at radius 2 is 1.46 bits per heavy atom. The molecule has 0 aliphatic rings. The Morgan fingerprint density at radius 1 is 0.917 bits per heavy atom. The molecule has 0 spiro atoms. The van der Waals surface area contributed by atoms with Gasteiger partial charge in [0.15, 0.2) is 30.5 Å². The first-order valence-corrected chi connectivity index (χ1v) is 7.45. The van der Waals surface area contributed by atoms with Crippen molar-refractivity contribution in [3.8, 4) is 11.5 Å². The van der Waals surface area contributed by atoms with Gasteiger partial charge in [-0.05, 0) is 32.0 Å². The van der Waals surface area contributed by atoms with E-state index in [9.17, 15) is 14.4 Å². The Balaban J connectivity index is 2.88. The molecule has 132 valence electrons. The second-order valence-corrected chi connectivity index (χ2v) is 4.48. The van der Waals surface area contributed by atoms with Crippen LogP contribution in [-0.2, 0) is 19.1 Å². The number of rotatable bonds is 10. The van der Waals surface area contributed by atoms with Gasteiger partial charge < -0.3 is 24.7 Å². The minimum atomic E-state index is -0.565. The Bertz CT molecular complexity index is 586. The maximum Gasteiger partial charge on any atom is 0.344 e. The summed E-state index contributed by atoms with van der Waals surface area (Å²) in [6.07, 6.45) is 0. The normalized spacial score (nSPS) is 9.96. The molecular weight excluding hydrogens is 318 g/mol. The van der Waals surface area contributed by atoms with Crippen LogP contribution >= 0.6 is 0 Å². The molecular formula is C16H21NO7. The third-order valence-electron chi connectivity index (χ3n) is 2.75. The second kappa shape index (κ2) is 10.2. The highest BCUT2D eigenvalue weighted by atomic mass is 16.6. The summed E-state index contributed by atoms with van der Waals surface area (Å²) in [5.74, 6) is -1.08. The molecule has 0 heterocycles. The van der Waals surface area contributed by atoms with Crippen LogP contribution in [0.15, 0.2) is 18.2 Å². The fourth-order valence-corrected chi connectivity index (χ4v) is 1.71. The quantitative estimate of drug-likeness (QED) is 0.490. The van der Waals surface area contributed by atoms with Gasteiger partial charge in [-0.25, -0.2) is 9.59 Å². The van der Waals surface area contributed by atoms with Crippen molar-refractivity contribution in [3.63, 3.8) is 0 Å². The molecule has 0 amide bonds. The van der Waals surface area contributed by atoms with Crippen LogP contribution in [0.2, 0.25) is 0 Å². The van der Waals surface area contributed by atoms with Gasteiger partial charge in [0.25, 0.3) is 0 Å². The van der Waals surface area contributed by atoms with Crippen molar-refractivity contribution < 1.29 is 33.3 Å². The molecule has 0 bridgehead atoms. The van der Waals surface area contributed by atoms with E-state index in [-0.39, 0.29) is 50.3 Å². The van der Waals surface area contributed by atoms with E-state index >= 15 is 0 Å². The largest absolute Gasteiger partial charge is 0.478 e. The average Bonchev–Trinajstić information content (AvgIpc) is 2.58. The lowest BCUT2D eigenvalue weighted by atomic mass is 10.1. The lowest BCUT2D eigenvalue weighted by Gasteiger charge is -2.13. The summed E-state index contributed by atoms with van der Waals surface area (Å²) < 4.78 is 20.2. The number of ketones is 1. The molecule has 0 unspecified atom stereocenters. The van der Waals surface area contributed by atoms with Crippen molar-refractivity contribution in [2.24, 2.45) is 5.73 Å². The molecule has 0 saturated carbocycles. The van der Waals surface area contributed by atoms with E-state index in [1.807, 2.05) is 0 Å². The van der Waals surface area contributed by atoms with E-state index in [0.29, 0.717) is 5.56 Å². The van der Waals surface area contributed by atoms with Crippen LogP contribution in [0, 0.1) is 0 Å². The van der Waals surface area contributed by atoms with E-state index in [1.54, 1.807) is 13.8 Å². The van der Waals surface area contributed by atoms with E-state index in [0.717, 1.165) is 0 Å². The molecule has 8 nitrogen and oxygen atoms in total. The number of esters is 2. The maximum absolute atomic E-state index is 11.7. The molecule has 0 aliphatic carbocycles. The number of hydrogen-bond acceptors (Lipinski definition) is 8. The Hall–Kier alpha value is -2.61. The van der Waals surface area contributed by atoms with Crippen LogP contribution in [0.1, 0.15) is 24.2 Å². The van der Waals surface area contributed by atoms with Crippen molar-refractivity contribution in [1.82, 2.24) is 0 Å². The third-order valence-corrected chi connectivity index (χ3v) is 2.75. The lowest BCUT2D eigenvalue weighted by molar-refractivity contribution is -0.146. The van der Waals surface area contributed by atoms with Gasteiger partial charge in [0.05, 0.1) is 19.8 Å². The van der Waals surface area contributed by atoms with E-state index in [4.69, 9.17) is 24.7 Å². The SMILES string of the molecule is CCOC(=O)COc1ccc(C(=O)CN)cc1OCC(=O)OCC. The van der Waals surface area contributed by atoms with Crippen LogP contribution in [0.3, 0.4) is 0 Å². The molecule has 1 rings (SSSR count). The van der Waals surface area contributed by atoms with Crippen LogP contribution in [0.25, 0.3) is 0 Å². The fourth-order valence-electron chi connectivity index (χ4n) is 1.71. The number of ether oxygens (including phenoxy) is 4. The molecule has 0 saturated heterocycles. The van der Waals surface area contributed by atoms with Gasteiger partial charge in [0.1, 0.15) is 0 Å². The highest BCUT2D eigenvalue weighted by molar-refractivity contribution is 5.98. The van der Waals surface area contributed by atoms with E-state index in [2.05, 4.69) is 0 Å². The zero-order valence-electron chi connectivity index (χ0n) is 13.7. The van der Waals surface area contributed by atoms with Gasteiger partial charge in [-0.3, -0.25) is 4.79 Å². The van der Waals surface area contributed by atoms with E-state index < -0.39 is 11.9 Å². The molecule has 24 heavy (non-hydrogen) atoms. The zero-order chi connectivity index (χ0) is 17.9. The van der Waals surface area contributed by atoms with E-state index in [1.165, 1.54) is 18.2 Å². The monoisotopic (exact) mass is 339 g/mol. The first kappa shape index (κ1) is 19.4. The molecule has 2 N–H and O–H groups in total. The van der Waals surface area contributed by atoms with Crippen molar-refractivity contribution in [3.05, 3.63) is 23.8 Å². The highest BCUT2D eigenvalue weighted by Crippen LogP contribution is 2.28. The molecule has 0 atom stereocenters. The van der Waals surface area contributed by atoms with Crippen molar-refractivity contribution >= 4 is 17.7 Å². The van der Waals surface area contributed by atoms with Crippen LogP contribution in [0.5, 0.6) is 11.5 Å². The number of carbonyl (C=O) groups excluding carboxylic acids is 3. The number of nitrogens with two attached hydrogens (primary N) is 1. The Morgan fingerprint density at radius 3 is 1.96 bits per heavy atom. The summed E-state index contributed by atoms with van der Waals surface area (Å²) in [6.45, 7) is 2.96. The van der Waals surface area contributed by atoms with Crippen molar-refractivity contribution in [2.45, 2.75) is 13.8 Å². The van der Waals surface area contributed by atoms with Gasteiger partial charge >= 0.3 is 11.9 Å². The number of carbonyl (C=O) groups is 3. The average molecular weight is 339 g/mol. The van der Waals surface area contributed by atoms with Gasteiger partial charge in [0, 0.05) is 5.56 Å². The fraction of sp³-hybridized carbons (Fsp3) is 0.438. The molecule has 0 radical (unpaired) electrons. The first-order valence-electron chi connectivity index (χ1n) is 7.45. The number of hydrogen-bond donors (Lipinski definition) is 1. The summed E-state index contributed by atoms with van der Waals surface area (Å²) in [5, 5.41) is 0. The summed E-state index contributed by atoms with van der Waals surface area (Å²) in [6, 6.07) is 4.35. The van der Waals surface area contributed by atoms with Gasteiger partial charge in [-0.15, -0.1) is 0 Å². The number of benzene rings is 1. The summed E-state index contributed by atoms with van der Waals surface area (Å²) in [4.78, 5) is 34.5. The summed E-state index contributed by atoms with van der Waals surface area (Å²) >= 11 is 0. The summed E-state index contributed by atoms with van der Waals surface area (Å²) in [5.41, 5.74) is 5.63. The topological polar surface area (TPSA) is 114 Å². The molecule has 0 aliphatic heterocycles. The Kier molecular flexibility index (Phi) is 8.28. The molecule has 8 heteroatoms. The van der Waals surface area contributed by atoms with Crippen LogP contribution in [-0.4, -0.2) is 50.7 Å². The Labute approximate surface area is 139 Å². The molecule has 0 fully saturated rings. The first-order chi connectivity index (χ1) is 11.5. The minimum absolute atomic E-state index is 0.131. The highest BCUT2D eigenvalue weighted by Gasteiger charge is 2.14. The zero-order valence-corrected chi connectivity index (χ0v) is 13.7. The third kappa shape index (κ3) is 6.25. The predicted molar refractivity (Wildman–Crippen MR) is 84.1 cm³/mol. The number of Topliss-reactive ketones (excluding diaryl/α,β-unsaturated/α-hetero) is 1. The minimum Gasteiger partial charge on any atom is -0.478 e. The molecule has 1 aromatic rings. The molecule has 1 aromatic carbocycles. The van der Waals surface area contributed by atoms with Crippen LogP contribution in [0.4, 0.5) is 0 Å². The van der Waals surface area contributed by atoms with Gasteiger partial charge in [-0.1, -0.05) is 0 Å². The predicted octanol–water partition coefficient (Wildman–Crippen LogP) is 0.712. The van der Waals surface area contributed by atoms with Crippen molar-refractivity contribution in [1.29, 1.82) is 0 Å². The van der Waals surface area contributed by atoms with Crippen LogP contribution < -0.4 is 15.2 Å². The summed E-state index contributed by atoms with van der Waals surface area (Å²) in [7, 11) is 0. The molecule has 0 aromatic heterocycles. The van der Waals surface area contributed by atoms with Crippen molar-refractivity contribution in [2.75, 3.05) is 33.0 Å². The standard InChI is InChI=1S/C16H21NO7/c1-3-21-15(19)9-23-13-6-5-11(12(18)8-17)7-14(13)24-10-16(20)22-4-2/h5-7H,3-4,8-10,17H2,1-2H3. The van der Waals surface area contributed by atoms with Gasteiger partial charge in [0.2, 0.25) is 0 Å². The lowest BCUT2D eigenvalue weighted by Crippen LogP contribution is -2.18. The van der Waals surface area contributed by atoms with Gasteiger partial charge in [-0.2, -0.15) is 0 Å².